The summed E-state index contributed by atoms with van der Waals surface area (Å²) < 4.78 is 70.1. The Bertz CT molecular complexity index is 561. The summed E-state index contributed by atoms with van der Waals surface area (Å²) in [5.41, 5.74) is -1.17. The minimum absolute atomic E-state index is 0.0247. The van der Waals surface area contributed by atoms with Crippen molar-refractivity contribution in [2.24, 2.45) is 0 Å². The van der Waals surface area contributed by atoms with Crippen LogP contribution in [0.4, 0.5) is 22.0 Å². The highest BCUT2D eigenvalue weighted by Crippen LogP contribution is 2.23. The fourth-order valence-electron chi connectivity index (χ4n) is 2.03. The van der Waals surface area contributed by atoms with Gasteiger partial charge < -0.3 is 9.53 Å². The van der Waals surface area contributed by atoms with Gasteiger partial charge in [-0.2, -0.15) is 0 Å². The zero-order chi connectivity index (χ0) is 18.1. The highest BCUT2D eigenvalue weighted by Gasteiger charge is 2.26. The smallest absolute Gasteiger partial charge is 0.306 e. The summed E-state index contributed by atoms with van der Waals surface area (Å²) in [4.78, 5) is 21.5. The molecule has 0 aromatic heterocycles. The van der Waals surface area contributed by atoms with Gasteiger partial charge in [0.15, 0.2) is 23.3 Å². The molecule has 0 saturated heterocycles. The van der Waals surface area contributed by atoms with Crippen molar-refractivity contribution in [3.63, 3.8) is 0 Å². The lowest BCUT2D eigenvalue weighted by atomic mass is 10.1. The van der Waals surface area contributed by atoms with Crippen molar-refractivity contribution in [2.75, 3.05) is 0 Å². The molecule has 0 atom stereocenters. The molecular formula is C16H17F5O3. The molecule has 0 unspecified atom stereocenters. The largest absolute Gasteiger partial charge is 0.461 e. The van der Waals surface area contributed by atoms with Gasteiger partial charge in [0.25, 0.3) is 0 Å². The third-order valence-corrected chi connectivity index (χ3v) is 3.38. The van der Waals surface area contributed by atoms with Crippen molar-refractivity contribution in [1.29, 1.82) is 0 Å². The summed E-state index contributed by atoms with van der Waals surface area (Å²) in [7, 11) is 0. The maximum Gasteiger partial charge on any atom is 0.306 e. The van der Waals surface area contributed by atoms with Gasteiger partial charge in [0, 0.05) is 12.8 Å². The average Bonchev–Trinajstić information content (AvgIpc) is 2.57. The Labute approximate surface area is 135 Å². The molecule has 0 N–H and O–H groups in total. The van der Waals surface area contributed by atoms with Gasteiger partial charge in [0.2, 0.25) is 5.82 Å². The number of carbonyl (C=O) groups excluding carboxylic acids is 2. The summed E-state index contributed by atoms with van der Waals surface area (Å²) in [5.74, 6) is -11.2. The van der Waals surface area contributed by atoms with E-state index in [9.17, 15) is 31.5 Å². The molecule has 0 bridgehead atoms. The van der Waals surface area contributed by atoms with Crippen LogP contribution in [0.25, 0.3) is 0 Å². The predicted molar refractivity (Wildman–Crippen MR) is 74.4 cm³/mol. The number of aldehydes is 1. The Balaban J connectivity index is 2.41. The van der Waals surface area contributed by atoms with Crippen LogP contribution in [0.3, 0.4) is 0 Å². The molecule has 0 amide bonds. The van der Waals surface area contributed by atoms with Crippen LogP contribution >= 0.6 is 0 Å². The lowest BCUT2D eigenvalue weighted by Crippen LogP contribution is -2.11. The van der Waals surface area contributed by atoms with Gasteiger partial charge >= 0.3 is 5.97 Å². The van der Waals surface area contributed by atoms with Gasteiger partial charge in [0.05, 0.1) is 5.56 Å². The van der Waals surface area contributed by atoms with E-state index in [1.165, 1.54) is 0 Å². The number of hydrogen-bond donors (Lipinski definition) is 0. The molecule has 1 rings (SSSR count). The Morgan fingerprint density at radius 2 is 1.29 bits per heavy atom. The lowest BCUT2D eigenvalue weighted by molar-refractivity contribution is -0.145. The van der Waals surface area contributed by atoms with Gasteiger partial charge in [0.1, 0.15) is 12.9 Å². The standard InChI is InChI=1S/C16H17F5O3/c17-12-10(13(18)15(20)16(21)14(12)19)9-24-11(23)7-5-3-1-2-4-6-8-22/h8H,1-7,9H2. The van der Waals surface area contributed by atoms with Gasteiger partial charge in [-0.1, -0.05) is 19.3 Å². The number of unbranched alkanes of at least 4 members (excludes halogenated alkanes) is 5. The number of carbonyl (C=O) groups is 2. The van der Waals surface area contributed by atoms with Crippen molar-refractivity contribution in [2.45, 2.75) is 51.6 Å². The van der Waals surface area contributed by atoms with Crippen molar-refractivity contribution < 1.29 is 36.3 Å². The van der Waals surface area contributed by atoms with E-state index < -0.39 is 47.2 Å². The first kappa shape index (κ1) is 20.1. The fourth-order valence-corrected chi connectivity index (χ4v) is 2.03. The van der Waals surface area contributed by atoms with E-state index in [-0.39, 0.29) is 6.42 Å². The second-order valence-electron chi connectivity index (χ2n) is 5.18. The summed E-state index contributed by atoms with van der Waals surface area (Å²) in [5, 5.41) is 0. The molecule has 24 heavy (non-hydrogen) atoms. The Morgan fingerprint density at radius 3 is 1.88 bits per heavy atom. The molecule has 0 aliphatic heterocycles. The number of esters is 1. The molecule has 0 saturated carbocycles. The number of rotatable bonds is 10. The molecule has 0 heterocycles. The first-order chi connectivity index (χ1) is 11.4. The zero-order valence-corrected chi connectivity index (χ0v) is 12.8. The monoisotopic (exact) mass is 352 g/mol. The minimum Gasteiger partial charge on any atom is -0.461 e. The maximum atomic E-state index is 13.4. The van der Waals surface area contributed by atoms with E-state index >= 15 is 0 Å². The predicted octanol–water partition coefficient (Wildman–Crippen LogP) is 4.35. The lowest BCUT2D eigenvalue weighted by Gasteiger charge is -2.09. The van der Waals surface area contributed by atoms with Gasteiger partial charge in [-0.05, 0) is 12.8 Å². The van der Waals surface area contributed by atoms with Crippen LogP contribution in [-0.2, 0) is 20.9 Å². The number of ether oxygens (including phenoxy) is 1. The first-order valence-electron chi connectivity index (χ1n) is 7.49. The Hall–Kier alpha value is -1.99. The minimum atomic E-state index is -2.25. The third kappa shape index (κ3) is 5.58. The quantitative estimate of drug-likeness (QED) is 0.157. The maximum absolute atomic E-state index is 13.4. The van der Waals surface area contributed by atoms with Crippen molar-refractivity contribution in [1.82, 2.24) is 0 Å². The van der Waals surface area contributed by atoms with Gasteiger partial charge in [-0.3, -0.25) is 4.79 Å². The summed E-state index contributed by atoms with van der Waals surface area (Å²) >= 11 is 0. The molecule has 8 heteroatoms. The topological polar surface area (TPSA) is 43.4 Å². The van der Waals surface area contributed by atoms with E-state index in [0.29, 0.717) is 19.3 Å². The second kappa shape index (κ2) is 10.00. The number of benzene rings is 1. The third-order valence-electron chi connectivity index (χ3n) is 3.38. The molecule has 3 nitrogen and oxygen atoms in total. The molecule has 0 spiro atoms. The molecule has 0 aliphatic carbocycles. The highest BCUT2D eigenvalue weighted by atomic mass is 19.2. The molecule has 0 aliphatic rings. The molecule has 0 fully saturated rings. The normalized spacial score (nSPS) is 10.7. The van der Waals surface area contributed by atoms with Crippen molar-refractivity contribution >= 4 is 12.3 Å². The highest BCUT2D eigenvalue weighted by molar-refractivity contribution is 5.69. The summed E-state index contributed by atoms with van der Waals surface area (Å²) in [6.45, 7) is -1.02. The van der Waals surface area contributed by atoms with Crippen LogP contribution in [0, 0.1) is 29.1 Å². The Morgan fingerprint density at radius 1 is 0.792 bits per heavy atom. The molecule has 1 aromatic rings. The van der Waals surface area contributed by atoms with Crippen LogP contribution in [-0.4, -0.2) is 12.3 Å². The summed E-state index contributed by atoms with van der Waals surface area (Å²) in [6, 6.07) is 0. The Kier molecular flexibility index (Phi) is 8.35. The van der Waals surface area contributed by atoms with E-state index in [1.54, 1.807) is 0 Å². The van der Waals surface area contributed by atoms with Crippen LogP contribution in [0.2, 0.25) is 0 Å². The van der Waals surface area contributed by atoms with E-state index in [4.69, 9.17) is 0 Å². The summed E-state index contributed by atoms with van der Waals surface area (Å²) in [6.07, 6.45) is 4.91. The molecule has 1 aromatic carbocycles. The van der Waals surface area contributed by atoms with Gasteiger partial charge in [-0.25, -0.2) is 22.0 Å². The van der Waals surface area contributed by atoms with E-state index in [2.05, 4.69) is 4.74 Å². The van der Waals surface area contributed by atoms with E-state index in [1.807, 2.05) is 0 Å². The van der Waals surface area contributed by atoms with E-state index in [0.717, 1.165) is 25.5 Å². The number of hydrogen-bond acceptors (Lipinski definition) is 3. The fraction of sp³-hybridized carbons (Fsp3) is 0.500. The molecular weight excluding hydrogens is 335 g/mol. The van der Waals surface area contributed by atoms with Crippen LogP contribution in [0.15, 0.2) is 0 Å². The van der Waals surface area contributed by atoms with Crippen LogP contribution in [0.5, 0.6) is 0 Å². The second-order valence-corrected chi connectivity index (χ2v) is 5.18. The average molecular weight is 352 g/mol. The molecule has 134 valence electrons. The molecule has 0 radical (unpaired) electrons. The zero-order valence-electron chi connectivity index (χ0n) is 12.8. The van der Waals surface area contributed by atoms with Crippen LogP contribution < -0.4 is 0 Å². The van der Waals surface area contributed by atoms with Crippen molar-refractivity contribution in [3.8, 4) is 0 Å². The van der Waals surface area contributed by atoms with Crippen molar-refractivity contribution in [3.05, 3.63) is 34.6 Å². The SMILES string of the molecule is O=CCCCCCCCC(=O)OCc1c(F)c(F)c(F)c(F)c1F. The van der Waals surface area contributed by atoms with Crippen LogP contribution in [0.1, 0.15) is 50.5 Å². The number of halogens is 5. The first-order valence-corrected chi connectivity index (χ1v) is 7.49. The van der Waals surface area contributed by atoms with Gasteiger partial charge in [-0.15, -0.1) is 0 Å².